The Labute approximate surface area is 157 Å². The molecule has 0 aromatic rings. The molecule has 10 heteroatoms. The van der Waals surface area contributed by atoms with Crippen molar-refractivity contribution in [3.63, 3.8) is 0 Å². The number of aliphatic hydroxyl groups excluding tert-OH is 6. The van der Waals surface area contributed by atoms with Crippen molar-refractivity contribution in [1.82, 2.24) is 5.32 Å². The summed E-state index contributed by atoms with van der Waals surface area (Å²) in [4.78, 5) is 11.9. The Morgan fingerprint density at radius 2 is 1.81 bits per heavy atom. The maximum Gasteiger partial charge on any atom is 0.220 e. The molecule has 154 valence electrons. The maximum absolute atomic E-state index is 11.9. The van der Waals surface area contributed by atoms with Crippen LogP contribution in [0.25, 0.3) is 0 Å². The first-order valence-electron chi connectivity index (χ1n) is 8.84. The zero-order chi connectivity index (χ0) is 19.9. The number of hydrogen-bond acceptors (Lipinski definition) is 9. The summed E-state index contributed by atoms with van der Waals surface area (Å²) >= 11 is 1.01. The highest BCUT2D eigenvalue weighted by Gasteiger charge is 2.44. The predicted molar refractivity (Wildman–Crippen MR) is 95.4 cm³/mol. The molecule has 1 heterocycles. The standard InChI is InChI=1S/C16H31NO8S/c1-3-5-11(20)17-8(12(21)9(19)4-2)7-26-16-15(24)14(23)13(22)10(6-18)25-16/h8-10,12-16,18-19,21-24H,3-7H2,1-2H3,(H,17,20)/t8-,9+,10?,12-,13-,14?,15?,16-/m0/s1. The van der Waals surface area contributed by atoms with E-state index in [1.807, 2.05) is 6.92 Å². The first-order valence-corrected chi connectivity index (χ1v) is 9.89. The summed E-state index contributed by atoms with van der Waals surface area (Å²) < 4.78 is 5.40. The highest BCUT2D eigenvalue weighted by Crippen LogP contribution is 2.29. The Hall–Kier alpha value is -0.460. The second-order valence-corrected chi connectivity index (χ2v) is 7.55. The van der Waals surface area contributed by atoms with Crippen LogP contribution >= 0.6 is 11.8 Å². The van der Waals surface area contributed by atoms with Crippen LogP contribution in [0.15, 0.2) is 0 Å². The van der Waals surface area contributed by atoms with Gasteiger partial charge in [-0.3, -0.25) is 4.79 Å². The number of ether oxygens (including phenoxy) is 1. The van der Waals surface area contributed by atoms with Gasteiger partial charge in [0.25, 0.3) is 0 Å². The number of carbonyl (C=O) groups is 1. The van der Waals surface area contributed by atoms with Gasteiger partial charge in [0.2, 0.25) is 5.91 Å². The van der Waals surface area contributed by atoms with Gasteiger partial charge >= 0.3 is 0 Å². The van der Waals surface area contributed by atoms with E-state index in [-0.39, 0.29) is 18.1 Å². The van der Waals surface area contributed by atoms with Crippen molar-refractivity contribution in [2.75, 3.05) is 12.4 Å². The van der Waals surface area contributed by atoms with Crippen LogP contribution in [0.2, 0.25) is 0 Å². The molecule has 1 aliphatic heterocycles. The molecule has 0 spiro atoms. The Kier molecular flexibility index (Phi) is 10.3. The number of carbonyl (C=O) groups excluding carboxylic acids is 1. The molecular formula is C16H31NO8S. The molecule has 0 aliphatic carbocycles. The lowest BCUT2D eigenvalue weighted by Crippen LogP contribution is -2.58. The van der Waals surface area contributed by atoms with E-state index in [0.717, 1.165) is 11.8 Å². The summed E-state index contributed by atoms with van der Waals surface area (Å²) in [5.41, 5.74) is -0.970. The topological polar surface area (TPSA) is 160 Å². The first-order chi connectivity index (χ1) is 12.3. The average molecular weight is 397 g/mol. The van der Waals surface area contributed by atoms with E-state index in [9.17, 15) is 35.4 Å². The molecule has 1 rings (SSSR count). The van der Waals surface area contributed by atoms with E-state index in [1.165, 1.54) is 0 Å². The summed E-state index contributed by atoms with van der Waals surface area (Å²) in [6, 6.07) is -0.790. The van der Waals surface area contributed by atoms with Crippen molar-refractivity contribution in [2.24, 2.45) is 0 Å². The Morgan fingerprint density at radius 3 is 2.35 bits per heavy atom. The van der Waals surface area contributed by atoms with Gasteiger partial charge in [-0.15, -0.1) is 11.8 Å². The smallest absolute Gasteiger partial charge is 0.220 e. The molecule has 1 saturated heterocycles. The molecule has 0 aromatic heterocycles. The SMILES string of the molecule is CCCC(=O)N[C@@H](CS[C@@H]1OC(CO)[C@H](O)C(O)C1O)[C@H](O)[C@H](O)CC. The van der Waals surface area contributed by atoms with Crippen molar-refractivity contribution >= 4 is 17.7 Å². The molecule has 8 atom stereocenters. The fraction of sp³-hybridized carbons (Fsp3) is 0.938. The monoisotopic (exact) mass is 397 g/mol. The number of hydrogen-bond donors (Lipinski definition) is 7. The van der Waals surface area contributed by atoms with Crippen LogP contribution in [0.5, 0.6) is 0 Å². The second-order valence-electron chi connectivity index (χ2n) is 6.42. The molecule has 1 amide bonds. The van der Waals surface area contributed by atoms with Gasteiger partial charge in [0.1, 0.15) is 36.0 Å². The van der Waals surface area contributed by atoms with Crippen LogP contribution in [0.1, 0.15) is 33.1 Å². The van der Waals surface area contributed by atoms with E-state index >= 15 is 0 Å². The van der Waals surface area contributed by atoms with Gasteiger partial charge in [-0.05, 0) is 12.8 Å². The summed E-state index contributed by atoms with van der Waals surface area (Å²) in [6.07, 6.45) is -6.40. The summed E-state index contributed by atoms with van der Waals surface area (Å²) in [5, 5.41) is 61.7. The first kappa shape index (κ1) is 23.6. The van der Waals surface area contributed by atoms with Gasteiger partial charge in [0.05, 0.1) is 18.8 Å². The molecule has 26 heavy (non-hydrogen) atoms. The lowest BCUT2D eigenvalue weighted by Gasteiger charge is -2.40. The van der Waals surface area contributed by atoms with Gasteiger partial charge in [-0.2, -0.15) is 0 Å². The summed E-state index contributed by atoms with van der Waals surface area (Å²) in [7, 11) is 0. The Balaban J connectivity index is 2.75. The van der Waals surface area contributed by atoms with Crippen molar-refractivity contribution in [3.8, 4) is 0 Å². The van der Waals surface area contributed by atoms with Gasteiger partial charge in [0.15, 0.2) is 0 Å². The molecule has 0 aromatic carbocycles. The number of aliphatic hydroxyl groups is 6. The van der Waals surface area contributed by atoms with E-state index in [1.54, 1.807) is 6.92 Å². The lowest BCUT2D eigenvalue weighted by molar-refractivity contribution is -0.205. The summed E-state index contributed by atoms with van der Waals surface area (Å²) in [5.74, 6) is -0.176. The highest BCUT2D eigenvalue weighted by molar-refractivity contribution is 7.99. The fourth-order valence-electron chi connectivity index (χ4n) is 2.64. The van der Waals surface area contributed by atoms with Gasteiger partial charge < -0.3 is 40.7 Å². The van der Waals surface area contributed by atoms with Crippen LogP contribution in [-0.2, 0) is 9.53 Å². The van der Waals surface area contributed by atoms with Crippen molar-refractivity contribution in [1.29, 1.82) is 0 Å². The number of nitrogens with one attached hydrogen (secondary N) is 1. The van der Waals surface area contributed by atoms with Crippen LogP contribution in [0.3, 0.4) is 0 Å². The van der Waals surface area contributed by atoms with Gasteiger partial charge in [0, 0.05) is 12.2 Å². The number of rotatable bonds is 10. The summed E-state index contributed by atoms with van der Waals surface area (Å²) in [6.45, 7) is 3.01. The number of amides is 1. The second kappa shape index (κ2) is 11.4. The van der Waals surface area contributed by atoms with Crippen LogP contribution < -0.4 is 5.32 Å². The largest absolute Gasteiger partial charge is 0.394 e. The maximum atomic E-state index is 11.9. The third-order valence-electron chi connectivity index (χ3n) is 4.34. The van der Waals surface area contributed by atoms with Gasteiger partial charge in [-0.1, -0.05) is 13.8 Å². The third-order valence-corrected chi connectivity index (χ3v) is 5.61. The van der Waals surface area contributed by atoms with Gasteiger partial charge in [-0.25, -0.2) is 0 Å². The van der Waals surface area contributed by atoms with Crippen molar-refractivity contribution in [3.05, 3.63) is 0 Å². The highest BCUT2D eigenvalue weighted by atomic mass is 32.2. The van der Waals surface area contributed by atoms with Crippen LogP contribution in [-0.4, -0.2) is 97.0 Å². The zero-order valence-corrected chi connectivity index (χ0v) is 15.9. The minimum Gasteiger partial charge on any atom is -0.394 e. The molecule has 1 aliphatic rings. The number of thioether (sulfide) groups is 1. The average Bonchev–Trinajstić information content (AvgIpc) is 2.63. The normalized spacial score (nSPS) is 32.7. The fourth-order valence-corrected chi connectivity index (χ4v) is 3.90. The van der Waals surface area contributed by atoms with Crippen LogP contribution in [0, 0.1) is 0 Å². The predicted octanol–water partition coefficient (Wildman–Crippen LogP) is -2.06. The van der Waals surface area contributed by atoms with E-state index in [0.29, 0.717) is 12.8 Å². The molecular weight excluding hydrogens is 366 g/mol. The minimum atomic E-state index is -1.49. The lowest BCUT2D eigenvalue weighted by atomic mass is 10.0. The minimum absolute atomic E-state index is 0.0936. The van der Waals surface area contributed by atoms with E-state index < -0.39 is 54.7 Å². The molecule has 3 unspecified atom stereocenters. The third kappa shape index (κ3) is 6.31. The molecule has 0 saturated carbocycles. The van der Waals surface area contributed by atoms with E-state index in [2.05, 4.69) is 5.32 Å². The molecule has 1 fully saturated rings. The zero-order valence-electron chi connectivity index (χ0n) is 15.1. The molecule has 0 bridgehead atoms. The van der Waals surface area contributed by atoms with Crippen molar-refractivity contribution < 1.29 is 40.2 Å². The Morgan fingerprint density at radius 1 is 1.15 bits per heavy atom. The molecule has 7 N–H and O–H groups in total. The van der Waals surface area contributed by atoms with Crippen molar-refractivity contribution in [2.45, 2.75) is 81.2 Å². The molecule has 9 nitrogen and oxygen atoms in total. The quantitative estimate of drug-likeness (QED) is 0.220. The van der Waals surface area contributed by atoms with Crippen LogP contribution in [0.4, 0.5) is 0 Å². The molecule has 0 radical (unpaired) electrons. The van der Waals surface area contributed by atoms with E-state index in [4.69, 9.17) is 4.74 Å². The Bertz CT molecular complexity index is 427.